The van der Waals surface area contributed by atoms with Crippen LogP contribution in [0.15, 0.2) is 70.3 Å². The molecule has 0 unspecified atom stereocenters. The summed E-state index contributed by atoms with van der Waals surface area (Å²) in [7, 11) is 1.67. The van der Waals surface area contributed by atoms with Gasteiger partial charge in [-0.3, -0.25) is 9.79 Å². The van der Waals surface area contributed by atoms with E-state index in [4.69, 9.17) is 4.42 Å². The maximum Gasteiger partial charge on any atom is 0.291 e. The van der Waals surface area contributed by atoms with Gasteiger partial charge in [0, 0.05) is 25.8 Å². The summed E-state index contributed by atoms with van der Waals surface area (Å²) >= 11 is 0. The maximum absolute atomic E-state index is 13.7. The number of furan rings is 1. The molecule has 2 aromatic carbocycles. The molecule has 1 heterocycles. The van der Waals surface area contributed by atoms with Crippen molar-refractivity contribution in [3.05, 3.63) is 89.1 Å². The van der Waals surface area contributed by atoms with Gasteiger partial charge in [-0.15, -0.1) is 24.0 Å². The second-order valence-corrected chi connectivity index (χ2v) is 6.49. The molecule has 3 rings (SSSR count). The van der Waals surface area contributed by atoms with Crippen LogP contribution in [0.3, 0.4) is 0 Å². The Balaban J connectivity index is 0.00000320. The normalized spacial score (nSPS) is 10.8. The van der Waals surface area contributed by atoms with Crippen LogP contribution >= 0.6 is 24.0 Å². The van der Waals surface area contributed by atoms with Crippen molar-refractivity contribution in [3.8, 4) is 0 Å². The number of nitrogens with zero attached hydrogens (tertiary/aromatic N) is 1. The Hall–Kier alpha value is -2.88. The van der Waals surface area contributed by atoms with Gasteiger partial charge < -0.3 is 20.4 Å². The minimum Gasteiger partial charge on any atom is -0.459 e. The number of guanidine groups is 1. The van der Waals surface area contributed by atoms with E-state index in [1.54, 1.807) is 32.2 Å². The smallest absolute Gasteiger partial charge is 0.291 e. The summed E-state index contributed by atoms with van der Waals surface area (Å²) in [5.74, 6) is 0.324. The second kappa shape index (κ2) is 11.3. The number of hydrogen-bond donors (Lipinski definition) is 3. The molecule has 8 heteroatoms. The molecule has 1 aromatic heterocycles. The molecular weight excluding hydrogens is 498 g/mol. The molecule has 6 nitrogen and oxygen atoms in total. The highest BCUT2D eigenvalue weighted by molar-refractivity contribution is 14.0. The molecule has 0 radical (unpaired) electrons. The number of anilines is 1. The van der Waals surface area contributed by atoms with E-state index >= 15 is 0 Å². The molecule has 158 valence electrons. The lowest BCUT2D eigenvalue weighted by atomic mass is 10.1. The minimum atomic E-state index is -0.303. The Labute approximate surface area is 192 Å². The first-order chi connectivity index (χ1) is 14.0. The molecule has 0 saturated heterocycles. The number of carbonyl (C=O) groups excluding carboxylic acids is 1. The Morgan fingerprint density at radius 3 is 2.40 bits per heavy atom. The van der Waals surface area contributed by atoms with E-state index in [9.17, 15) is 9.18 Å². The molecule has 1 amide bonds. The van der Waals surface area contributed by atoms with Crippen LogP contribution in [-0.2, 0) is 13.1 Å². The standard InChI is InChI=1S/C22H23FN4O2.HI/c1-15-8-9-17(12-19(15)23)14-26-22(24-2)25-13-16-5-3-6-18(11-16)27-21(28)20-7-4-10-29-20;/h3-12H,13-14H2,1-2H3,(H,27,28)(H2,24,25,26);1H. The zero-order valence-electron chi connectivity index (χ0n) is 16.7. The van der Waals surface area contributed by atoms with Crippen LogP contribution < -0.4 is 16.0 Å². The number of nitrogens with one attached hydrogen (secondary N) is 3. The van der Waals surface area contributed by atoms with Gasteiger partial charge >= 0.3 is 0 Å². The highest BCUT2D eigenvalue weighted by Gasteiger charge is 2.09. The molecule has 0 aliphatic rings. The number of benzene rings is 2. The Kier molecular flexibility index (Phi) is 8.85. The van der Waals surface area contributed by atoms with Crippen molar-refractivity contribution in [2.24, 2.45) is 4.99 Å². The summed E-state index contributed by atoms with van der Waals surface area (Å²) < 4.78 is 18.8. The monoisotopic (exact) mass is 522 g/mol. The van der Waals surface area contributed by atoms with Gasteiger partial charge in [0.05, 0.1) is 6.26 Å². The van der Waals surface area contributed by atoms with Gasteiger partial charge in [0.15, 0.2) is 11.7 Å². The lowest BCUT2D eigenvalue weighted by molar-refractivity contribution is 0.0996. The summed E-state index contributed by atoms with van der Waals surface area (Å²) in [6, 6.07) is 15.9. The van der Waals surface area contributed by atoms with Crippen LogP contribution in [0, 0.1) is 12.7 Å². The Bertz CT molecular complexity index is 1010. The topological polar surface area (TPSA) is 78.7 Å². The first-order valence-electron chi connectivity index (χ1n) is 9.18. The fraction of sp³-hybridized carbons (Fsp3) is 0.182. The molecule has 3 aromatic rings. The fourth-order valence-corrected chi connectivity index (χ4v) is 2.70. The first-order valence-corrected chi connectivity index (χ1v) is 9.18. The van der Waals surface area contributed by atoms with Crippen LogP contribution in [0.5, 0.6) is 0 Å². The molecule has 0 spiro atoms. The average molecular weight is 522 g/mol. The summed E-state index contributed by atoms with van der Waals surface area (Å²) in [4.78, 5) is 16.3. The van der Waals surface area contributed by atoms with E-state index in [0.29, 0.717) is 30.3 Å². The van der Waals surface area contributed by atoms with Gasteiger partial charge in [-0.05, 0) is 53.9 Å². The van der Waals surface area contributed by atoms with Gasteiger partial charge in [0.2, 0.25) is 0 Å². The van der Waals surface area contributed by atoms with Crippen LogP contribution in [0.1, 0.15) is 27.2 Å². The molecule has 0 aliphatic heterocycles. The molecule has 0 atom stereocenters. The third-order valence-corrected chi connectivity index (χ3v) is 4.31. The predicted molar refractivity (Wildman–Crippen MR) is 127 cm³/mol. The number of hydrogen-bond acceptors (Lipinski definition) is 3. The van der Waals surface area contributed by atoms with E-state index in [0.717, 1.165) is 11.1 Å². The molecular formula is C22H24FIN4O2. The van der Waals surface area contributed by atoms with Gasteiger partial charge in [-0.25, -0.2) is 4.39 Å². The van der Waals surface area contributed by atoms with Gasteiger partial charge in [-0.1, -0.05) is 24.3 Å². The van der Waals surface area contributed by atoms with Crippen molar-refractivity contribution >= 4 is 41.5 Å². The van der Waals surface area contributed by atoms with E-state index in [1.807, 2.05) is 30.3 Å². The zero-order valence-corrected chi connectivity index (χ0v) is 19.1. The third kappa shape index (κ3) is 6.58. The van der Waals surface area contributed by atoms with Gasteiger partial charge in [-0.2, -0.15) is 0 Å². The van der Waals surface area contributed by atoms with Crippen molar-refractivity contribution in [2.75, 3.05) is 12.4 Å². The highest BCUT2D eigenvalue weighted by atomic mass is 127. The quantitative estimate of drug-likeness (QED) is 0.254. The Morgan fingerprint density at radius 2 is 1.77 bits per heavy atom. The molecule has 30 heavy (non-hydrogen) atoms. The van der Waals surface area contributed by atoms with E-state index < -0.39 is 0 Å². The van der Waals surface area contributed by atoms with Crippen LogP contribution in [0.2, 0.25) is 0 Å². The van der Waals surface area contributed by atoms with Crippen LogP contribution in [0.25, 0.3) is 0 Å². The van der Waals surface area contributed by atoms with Crippen molar-refractivity contribution in [2.45, 2.75) is 20.0 Å². The highest BCUT2D eigenvalue weighted by Crippen LogP contribution is 2.13. The summed E-state index contributed by atoms with van der Waals surface area (Å²) in [6.45, 7) is 2.70. The van der Waals surface area contributed by atoms with Crippen LogP contribution in [0.4, 0.5) is 10.1 Å². The van der Waals surface area contributed by atoms with E-state index in [2.05, 4.69) is 20.9 Å². The number of rotatable bonds is 6. The first kappa shape index (κ1) is 23.4. The third-order valence-electron chi connectivity index (χ3n) is 4.31. The number of halogens is 2. The van der Waals surface area contributed by atoms with Gasteiger partial charge in [0.25, 0.3) is 5.91 Å². The molecule has 0 saturated carbocycles. The number of amides is 1. The van der Waals surface area contributed by atoms with E-state index in [1.165, 1.54) is 12.3 Å². The van der Waals surface area contributed by atoms with Crippen LogP contribution in [-0.4, -0.2) is 18.9 Å². The maximum atomic E-state index is 13.7. The average Bonchev–Trinajstić information content (AvgIpc) is 3.26. The fourth-order valence-electron chi connectivity index (χ4n) is 2.70. The predicted octanol–water partition coefficient (Wildman–Crippen LogP) is 4.46. The molecule has 0 fully saturated rings. The SMILES string of the molecule is CN=C(NCc1cccc(NC(=O)c2ccco2)c1)NCc1ccc(C)c(F)c1.I. The summed E-state index contributed by atoms with van der Waals surface area (Å²) in [5, 5.41) is 9.16. The molecule has 3 N–H and O–H groups in total. The van der Waals surface area contributed by atoms with Crippen molar-refractivity contribution in [3.63, 3.8) is 0 Å². The largest absolute Gasteiger partial charge is 0.459 e. The van der Waals surface area contributed by atoms with Crippen molar-refractivity contribution in [1.82, 2.24) is 10.6 Å². The lowest BCUT2D eigenvalue weighted by Gasteiger charge is -2.13. The summed E-state index contributed by atoms with van der Waals surface area (Å²) in [5.41, 5.74) is 3.09. The summed E-state index contributed by atoms with van der Waals surface area (Å²) in [6.07, 6.45) is 1.46. The van der Waals surface area contributed by atoms with Crippen molar-refractivity contribution in [1.29, 1.82) is 0 Å². The number of carbonyl (C=O) groups is 1. The minimum absolute atomic E-state index is 0. The zero-order chi connectivity index (χ0) is 20.6. The molecule has 0 aliphatic carbocycles. The number of aryl methyl sites for hydroxylation is 1. The number of aliphatic imine (C=N–C) groups is 1. The lowest BCUT2D eigenvalue weighted by Crippen LogP contribution is -2.36. The molecule has 0 bridgehead atoms. The van der Waals surface area contributed by atoms with E-state index in [-0.39, 0.29) is 41.5 Å². The Morgan fingerprint density at radius 1 is 1.03 bits per heavy atom. The van der Waals surface area contributed by atoms with Crippen molar-refractivity contribution < 1.29 is 13.6 Å². The second-order valence-electron chi connectivity index (χ2n) is 6.49. The van der Waals surface area contributed by atoms with Gasteiger partial charge in [0.1, 0.15) is 5.82 Å².